The lowest BCUT2D eigenvalue weighted by molar-refractivity contribution is 0.619. The number of hydrogen-bond donors (Lipinski definition) is 1. The monoisotopic (exact) mass is 241 g/mol. The van der Waals surface area contributed by atoms with E-state index in [1.54, 1.807) is 25.3 Å². The summed E-state index contributed by atoms with van der Waals surface area (Å²) in [5.41, 5.74) is 1.91. The molecule has 1 aromatic heterocycles. The van der Waals surface area contributed by atoms with Gasteiger partial charge in [0.25, 0.3) is 0 Å². The molecule has 0 saturated heterocycles. The first-order valence-corrected chi connectivity index (χ1v) is 5.88. The third-order valence-electron chi connectivity index (χ3n) is 3.46. The van der Waals surface area contributed by atoms with E-state index in [-0.39, 0.29) is 5.82 Å². The highest BCUT2D eigenvalue weighted by atomic mass is 19.1. The zero-order chi connectivity index (χ0) is 12.8. The van der Waals surface area contributed by atoms with Crippen LogP contribution in [-0.4, -0.2) is 9.97 Å². The van der Waals surface area contributed by atoms with E-state index in [2.05, 4.69) is 16.0 Å². The van der Waals surface area contributed by atoms with Gasteiger partial charge in [-0.05, 0) is 43.5 Å². The predicted molar refractivity (Wildman–Crippen MR) is 65.2 cm³/mol. The molecule has 0 spiro atoms. The summed E-state index contributed by atoms with van der Waals surface area (Å²) >= 11 is 0. The number of nitrogens with zero attached hydrogens (tertiary/aromatic N) is 2. The van der Waals surface area contributed by atoms with Crippen LogP contribution < -0.4 is 0 Å². The summed E-state index contributed by atoms with van der Waals surface area (Å²) in [4.78, 5) is 7.45. The van der Waals surface area contributed by atoms with Gasteiger partial charge >= 0.3 is 0 Å². The van der Waals surface area contributed by atoms with Crippen LogP contribution in [-0.2, 0) is 5.41 Å². The van der Waals surface area contributed by atoms with Crippen molar-refractivity contribution < 1.29 is 4.39 Å². The Hall–Kier alpha value is -2.15. The molecular weight excluding hydrogens is 229 g/mol. The van der Waals surface area contributed by atoms with Gasteiger partial charge in [0.1, 0.15) is 17.1 Å². The Kier molecular flexibility index (Phi) is 2.24. The largest absolute Gasteiger partial charge is 0.341 e. The van der Waals surface area contributed by atoms with E-state index in [4.69, 9.17) is 5.26 Å². The smallest absolute Gasteiger partial charge is 0.127 e. The number of aryl methyl sites for hydroxylation is 1. The normalized spacial score (nSPS) is 16.3. The lowest BCUT2D eigenvalue weighted by atomic mass is 10.1. The van der Waals surface area contributed by atoms with Crippen LogP contribution in [0.5, 0.6) is 0 Å². The van der Waals surface area contributed by atoms with Gasteiger partial charge in [-0.1, -0.05) is 0 Å². The minimum Gasteiger partial charge on any atom is -0.341 e. The van der Waals surface area contributed by atoms with Gasteiger partial charge in [0, 0.05) is 5.56 Å². The van der Waals surface area contributed by atoms with Crippen molar-refractivity contribution in [2.24, 2.45) is 0 Å². The maximum absolute atomic E-state index is 13.2. The summed E-state index contributed by atoms with van der Waals surface area (Å²) in [6, 6.07) is 7.24. The van der Waals surface area contributed by atoms with Crippen LogP contribution in [0.2, 0.25) is 0 Å². The summed E-state index contributed by atoms with van der Waals surface area (Å²) < 4.78 is 13.2. The molecule has 3 rings (SSSR count). The third kappa shape index (κ3) is 1.60. The van der Waals surface area contributed by atoms with E-state index in [1.165, 1.54) is 6.07 Å². The van der Waals surface area contributed by atoms with Gasteiger partial charge in [0.2, 0.25) is 0 Å². The number of H-pyrrole nitrogens is 1. The number of imidazole rings is 1. The molecule has 1 N–H and O–H groups in total. The fourth-order valence-electron chi connectivity index (χ4n) is 2.05. The molecule has 0 bridgehead atoms. The molecule has 1 heterocycles. The first-order valence-electron chi connectivity index (χ1n) is 5.88. The van der Waals surface area contributed by atoms with Crippen LogP contribution in [0.15, 0.2) is 24.4 Å². The van der Waals surface area contributed by atoms with Crippen LogP contribution >= 0.6 is 0 Å². The Balaban J connectivity index is 1.98. The highest BCUT2D eigenvalue weighted by molar-refractivity contribution is 5.60. The highest BCUT2D eigenvalue weighted by Crippen LogP contribution is 2.46. The van der Waals surface area contributed by atoms with Gasteiger partial charge in [0.05, 0.1) is 18.0 Å². The molecule has 1 fully saturated rings. The number of nitrogens with one attached hydrogen (secondary N) is 1. The molecule has 0 atom stereocenters. The molecule has 0 aliphatic heterocycles. The maximum Gasteiger partial charge on any atom is 0.127 e. The topological polar surface area (TPSA) is 52.5 Å². The second-order valence-corrected chi connectivity index (χ2v) is 4.80. The molecule has 1 aromatic carbocycles. The van der Waals surface area contributed by atoms with Crippen LogP contribution in [0.25, 0.3) is 11.3 Å². The number of aromatic nitrogens is 2. The molecule has 2 aromatic rings. The first-order chi connectivity index (χ1) is 8.64. The van der Waals surface area contributed by atoms with Gasteiger partial charge < -0.3 is 4.98 Å². The quantitative estimate of drug-likeness (QED) is 0.878. The number of benzene rings is 1. The number of nitriles is 1. The van der Waals surface area contributed by atoms with Crippen LogP contribution in [0, 0.1) is 24.1 Å². The number of halogens is 1. The van der Waals surface area contributed by atoms with Crippen molar-refractivity contribution in [2.75, 3.05) is 0 Å². The third-order valence-corrected chi connectivity index (χ3v) is 3.46. The van der Waals surface area contributed by atoms with Gasteiger partial charge in [-0.15, -0.1) is 0 Å². The molecule has 0 unspecified atom stereocenters. The number of aromatic amines is 1. The van der Waals surface area contributed by atoms with Gasteiger partial charge in [-0.2, -0.15) is 5.26 Å². The van der Waals surface area contributed by atoms with E-state index in [1.807, 2.05) is 0 Å². The van der Waals surface area contributed by atoms with E-state index in [9.17, 15) is 4.39 Å². The maximum atomic E-state index is 13.2. The minimum atomic E-state index is -0.409. The van der Waals surface area contributed by atoms with Crippen molar-refractivity contribution in [1.82, 2.24) is 9.97 Å². The molecule has 1 aliphatic carbocycles. The van der Waals surface area contributed by atoms with Crippen molar-refractivity contribution in [3.8, 4) is 17.3 Å². The Morgan fingerprint density at radius 3 is 2.83 bits per heavy atom. The molecule has 90 valence electrons. The Labute approximate surface area is 104 Å². The van der Waals surface area contributed by atoms with Gasteiger partial charge in [-0.25, -0.2) is 9.37 Å². The van der Waals surface area contributed by atoms with E-state index >= 15 is 0 Å². The molecule has 4 heteroatoms. The van der Waals surface area contributed by atoms with Gasteiger partial charge in [0.15, 0.2) is 0 Å². The van der Waals surface area contributed by atoms with Crippen molar-refractivity contribution in [1.29, 1.82) is 5.26 Å². The van der Waals surface area contributed by atoms with Crippen LogP contribution in [0.1, 0.15) is 24.2 Å². The Bertz CT molecular complexity index is 647. The fourth-order valence-corrected chi connectivity index (χ4v) is 2.05. The SMILES string of the molecule is Cc1cc(-c2cnc(C3(C#N)CC3)[nH]2)ccc1F. The van der Waals surface area contributed by atoms with Crippen molar-refractivity contribution in [3.63, 3.8) is 0 Å². The Morgan fingerprint density at radius 1 is 1.44 bits per heavy atom. The van der Waals surface area contributed by atoms with Crippen LogP contribution in [0.4, 0.5) is 4.39 Å². The molecule has 1 saturated carbocycles. The standard InChI is InChI=1S/C14H12FN3/c1-9-6-10(2-3-11(9)15)12-7-17-13(18-12)14(8-16)4-5-14/h2-3,6-7H,4-5H2,1H3,(H,17,18). The predicted octanol–water partition coefficient (Wildman–Crippen LogP) is 3.08. The summed E-state index contributed by atoms with van der Waals surface area (Å²) in [6.07, 6.45) is 3.43. The Morgan fingerprint density at radius 2 is 2.22 bits per heavy atom. The molecule has 18 heavy (non-hydrogen) atoms. The molecular formula is C14H12FN3. The first kappa shape index (κ1) is 11.0. The summed E-state index contributed by atoms with van der Waals surface area (Å²) in [7, 11) is 0. The van der Waals surface area contributed by atoms with Crippen molar-refractivity contribution in [2.45, 2.75) is 25.2 Å². The molecule has 3 nitrogen and oxygen atoms in total. The average molecular weight is 241 g/mol. The van der Waals surface area contributed by atoms with E-state index < -0.39 is 5.41 Å². The highest BCUT2D eigenvalue weighted by Gasteiger charge is 2.47. The van der Waals surface area contributed by atoms with E-state index in [0.29, 0.717) is 5.56 Å². The second kappa shape index (κ2) is 3.67. The number of hydrogen-bond acceptors (Lipinski definition) is 2. The van der Waals surface area contributed by atoms with Crippen LogP contribution in [0.3, 0.4) is 0 Å². The summed E-state index contributed by atoms with van der Waals surface area (Å²) in [5, 5.41) is 9.11. The summed E-state index contributed by atoms with van der Waals surface area (Å²) in [6.45, 7) is 1.73. The fraction of sp³-hybridized carbons (Fsp3) is 0.286. The van der Waals surface area contributed by atoms with Gasteiger partial charge in [-0.3, -0.25) is 0 Å². The molecule has 0 radical (unpaired) electrons. The zero-order valence-corrected chi connectivity index (χ0v) is 10.00. The zero-order valence-electron chi connectivity index (χ0n) is 10.00. The van der Waals surface area contributed by atoms with E-state index in [0.717, 1.165) is 29.9 Å². The van der Waals surface area contributed by atoms with Crippen molar-refractivity contribution in [3.05, 3.63) is 41.6 Å². The van der Waals surface area contributed by atoms with Crippen molar-refractivity contribution >= 4 is 0 Å². The molecule has 1 aliphatic rings. The molecule has 0 amide bonds. The minimum absolute atomic E-state index is 0.214. The summed E-state index contributed by atoms with van der Waals surface area (Å²) in [5.74, 6) is 0.510. The lowest BCUT2D eigenvalue weighted by Crippen LogP contribution is -2.04. The number of rotatable bonds is 2. The lowest BCUT2D eigenvalue weighted by Gasteiger charge is -2.02. The average Bonchev–Trinajstić information content (AvgIpc) is 3.02. The second-order valence-electron chi connectivity index (χ2n) is 4.80.